The molecule has 2 N–H and O–H groups in total. The highest BCUT2D eigenvalue weighted by atomic mass is 16.5. The summed E-state index contributed by atoms with van der Waals surface area (Å²) >= 11 is 0. The van der Waals surface area contributed by atoms with Crippen LogP contribution >= 0.6 is 0 Å². The van der Waals surface area contributed by atoms with Crippen molar-refractivity contribution in [1.29, 1.82) is 0 Å². The fraction of sp³-hybridized carbons (Fsp3) is 0.625. The summed E-state index contributed by atoms with van der Waals surface area (Å²) in [5.41, 5.74) is 7.27. The van der Waals surface area contributed by atoms with Gasteiger partial charge in [0.25, 0.3) is 0 Å². The molecular weight excluding hydrogens is 254 g/mol. The van der Waals surface area contributed by atoms with Crippen LogP contribution in [0.5, 0.6) is 17.2 Å². The molecule has 4 heteroatoms. The van der Waals surface area contributed by atoms with E-state index in [0.717, 1.165) is 29.9 Å². The first-order chi connectivity index (χ1) is 9.70. The van der Waals surface area contributed by atoms with Gasteiger partial charge in [-0.2, -0.15) is 0 Å². The van der Waals surface area contributed by atoms with Crippen LogP contribution in [-0.4, -0.2) is 27.4 Å². The van der Waals surface area contributed by atoms with E-state index in [4.69, 9.17) is 19.9 Å². The molecule has 0 bridgehead atoms. The molecule has 4 nitrogen and oxygen atoms in total. The molecule has 0 aromatic heterocycles. The lowest BCUT2D eigenvalue weighted by molar-refractivity contribution is 0.304. The van der Waals surface area contributed by atoms with Crippen molar-refractivity contribution in [2.45, 2.75) is 38.0 Å². The topological polar surface area (TPSA) is 53.7 Å². The van der Waals surface area contributed by atoms with E-state index in [2.05, 4.69) is 6.07 Å². The minimum Gasteiger partial charge on any atom is -0.496 e. The first kappa shape index (κ1) is 15.0. The van der Waals surface area contributed by atoms with Crippen molar-refractivity contribution in [3.05, 3.63) is 17.7 Å². The Kier molecular flexibility index (Phi) is 4.76. The Balaban J connectivity index is 2.52. The van der Waals surface area contributed by atoms with Gasteiger partial charge in [0.2, 0.25) is 0 Å². The van der Waals surface area contributed by atoms with E-state index in [9.17, 15) is 0 Å². The van der Waals surface area contributed by atoms with Crippen LogP contribution in [-0.2, 0) is 5.41 Å². The molecule has 112 valence electrons. The largest absolute Gasteiger partial charge is 0.496 e. The van der Waals surface area contributed by atoms with Crippen molar-refractivity contribution in [1.82, 2.24) is 0 Å². The predicted molar refractivity (Wildman–Crippen MR) is 79.9 cm³/mol. The molecular formula is C16H25NO3. The normalized spacial score (nSPS) is 17.0. The Labute approximate surface area is 121 Å². The van der Waals surface area contributed by atoms with Gasteiger partial charge in [0.15, 0.2) is 11.5 Å². The van der Waals surface area contributed by atoms with Gasteiger partial charge in [0.05, 0.1) is 20.8 Å². The number of hydrogen-bond acceptors (Lipinski definition) is 4. The second-order valence-corrected chi connectivity index (χ2v) is 5.33. The lowest BCUT2D eigenvalue weighted by Crippen LogP contribution is -2.32. The maximum atomic E-state index is 6.09. The van der Waals surface area contributed by atoms with Crippen molar-refractivity contribution in [2.24, 2.45) is 5.73 Å². The van der Waals surface area contributed by atoms with Gasteiger partial charge < -0.3 is 19.9 Å². The van der Waals surface area contributed by atoms with Crippen LogP contribution in [0.25, 0.3) is 0 Å². The van der Waals surface area contributed by atoms with E-state index >= 15 is 0 Å². The maximum Gasteiger partial charge on any atom is 0.164 e. The molecule has 0 spiro atoms. The maximum absolute atomic E-state index is 6.09. The van der Waals surface area contributed by atoms with Crippen molar-refractivity contribution in [3.63, 3.8) is 0 Å². The lowest BCUT2D eigenvalue weighted by atomic mass is 9.78. The minimum atomic E-state index is 0.0173. The Morgan fingerprint density at radius 1 is 1.05 bits per heavy atom. The second kappa shape index (κ2) is 6.35. The number of ether oxygens (including phenoxy) is 3. The molecule has 0 unspecified atom stereocenters. The number of benzene rings is 1. The summed E-state index contributed by atoms with van der Waals surface area (Å²) in [6.07, 6.45) is 4.65. The smallest absolute Gasteiger partial charge is 0.164 e. The molecule has 0 heterocycles. The fourth-order valence-corrected chi connectivity index (χ4v) is 3.19. The summed E-state index contributed by atoms with van der Waals surface area (Å²) in [4.78, 5) is 0. The molecule has 0 saturated heterocycles. The quantitative estimate of drug-likeness (QED) is 0.870. The first-order valence-corrected chi connectivity index (χ1v) is 7.30. The Morgan fingerprint density at radius 3 is 2.20 bits per heavy atom. The van der Waals surface area contributed by atoms with Crippen LogP contribution in [0.15, 0.2) is 12.1 Å². The highest BCUT2D eigenvalue weighted by molar-refractivity contribution is 5.54. The highest BCUT2D eigenvalue weighted by Gasteiger charge is 2.37. The number of nitrogens with two attached hydrogens (primary N) is 1. The Bertz CT molecular complexity index is 453. The van der Waals surface area contributed by atoms with Crippen molar-refractivity contribution in [3.8, 4) is 17.2 Å². The van der Waals surface area contributed by atoms with Crippen LogP contribution in [0, 0.1) is 0 Å². The zero-order valence-corrected chi connectivity index (χ0v) is 12.7. The molecule has 1 aliphatic carbocycles. The Hall–Kier alpha value is -1.42. The molecule has 1 aromatic rings. The molecule has 0 amide bonds. The van der Waals surface area contributed by atoms with E-state index in [1.807, 2.05) is 13.0 Å². The SMILES string of the molecule is CCOc1cc(C2(CN)CCCC2)c(OC)cc1OC. The zero-order valence-electron chi connectivity index (χ0n) is 12.7. The molecule has 0 aliphatic heterocycles. The van der Waals surface area contributed by atoms with Gasteiger partial charge in [0.1, 0.15) is 5.75 Å². The van der Waals surface area contributed by atoms with E-state index in [0.29, 0.717) is 18.9 Å². The molecule has 1 aliphatic rings. The fourth-order valence-electron chi connectivity index (χ4n) is 3.19. The zero-order chi connectivity index (χ0) is 14.6. The van der Waals surface area contributed by atoms with Gasteiger partial charge in [0, 0.05) is 23.6 Å². The third kappa shape index (κ3) is 2.57. The van der Waals surface area contributed by atoms with Crippen LogP contribution in [0.1, 0.15) is 38.2 Å². The van der Waals surface area contributed by atoms with Gasteiger partial charge in [-0.25, -0.2) is 0 Å². The summed E-state index contributed by atoms with van der Waals surface area (Å²) in [6.45, 7) is 3.22. The van der Waals surface area contributed by atoms with Crippen LogP contribution in [0.3, 0.4) is 0 Å². The summed E-state index contributed by atoms with van der Waals surface area (Å²) in [6, 6.07) is 3.97. The van der Waals surface area contributed by atoms with Gasteiger partial charge in [-0.15, -0.1) is 0 Å². The molecule has 0 atom stereocenters. The van der Waals surface area contributed by atoms with Crippen LogP contribution < -0.4 is 19.9 Å². The molecule has 1 aromatic carbocycles. The molecule has 1 saturated carbocycles. The lowest BCUT2D eigenvalue weighted by Gasteiger charge is -2.30. The van der Waals surface area contributed by atoms with Crippen LogP contribution in [0.2, 0.25) is 0 Å². The Morgan fingerprint density at radius 2 is 1.70 bits per heavy atom. The van der Waals surface area contributed by atoms with E-state index in [1.165, 1.54) is 12.8 Å². The third-order valence-corrected chi connectivity index (χ3v) is 4.31. The van der Waals surface area contributed by atoms with Gasteiger partial charge in [-0.3, -0.25) is 0 Å². The van der Waals surface area contributed by atoms with E-state index in [1.54, 1.807) is 14.2 Å². The average Bonchev–Trinajstić information content (AvgIpc) is 2.97. The van der Waals surface area contributed by atoms with Gasteiger partial charge in [-0.1, -0.05) is 12.8 Å². The second-order valence-electron chi connectivity index (χ2n) is 5.33. The van der Waals surface area contributed by atoms with Crippen LogP contribution in [0.4, 0.5) is 0 Å². The van der Waals surface area contributed by atoms with Crippen molar-refractivity contribution < 1.29 is 14.2 Å². The molecule has 20 heavy (non-hydrogen) atoms. The van der Waals surface area contributed by atoms with Gasteiger partial charge >= 0.3 is 0 Å². The minimum absolute atomic E-state index is 0.0173. The summed E-state index contributed by atoms with van der Waals surface area (Å²) in [7, 11) is 3.34. The van der Waals surface area contributed by atoms with E-state index < -0.39 is 0 Å². The molecule has 2 rings (SSSR count). The predicted octanol–water partition coefficient (Wildman–Crippen LogP) is 2.87. The summed E-state index contributed by atoms with van der Waals surface area (Å²) in [5.74, 6) is 2.32. The van der Waals surface area contributed by atoms with E-state index in [-0.39, 0.29) is 5.41 Å². The highest BCUT2D eigenvalue weighted by Crippen LogP contribution is 2.47. The third-order valence-electron chi connectivity index (χ3n) is 4.31. The standard InChI is InChI=1S/C16H25NO3/c1-4-20-15-9-12(13(18-2)10-14(15)19-3)16(11-17)7-5-6-8-16/h9-10H,4-8,11,17H2,1-3H3. The first-order valence-electron chi connectivity index (χ1n) is 7.30. The van der Waals surface area contributed by atoms with Gasteiger partial charge in [-0.05, 0) is 25.8 Å². The number of hydrogen-bond donors (Lipinski definition) is 1. The summed E-state index contributed by atoms with van der Waals surface area (Å²) in [5, 5.41) is 0. The monoisotopic (exact) mass is 279 g/mol. The molecule has 0 radical (unpaired) electrons. The van der Waals surface area contributed by atoms with Crippen molar-refractivity contribution in [2.75, 3.05) is 27.4 Å². The number of rotatable bonds is 6. The average molecular weight is 279 g/mol. The number of methoxy groups -OCH3 is 2. The summed E-state index contributed by atoms with van der Waals surface area (Å²) < 4.78 is 16.7. The molecule has 1 fully saturated rings. The van der Waals surface area contributed by atoms with Crippen molar-refractivity contribution >= 4 is 0 Å².